The summed E-state index contributed by atoms with van der Waals surface area (Å²) in [4.78, 5) is 0. The van der Waals surface area contributed by atoms with Gasteiger partial charge in [0, 0.05) is 17.6 Å². The van der Waals surface area contributed by atoms with Crippen molar-refractivity contribution in [1.29, 1.82) is 0 Å². The number of hydrogen-bond acceptors (Lipinski definition) is 4. The minimum atomic E-state index is -3.33. The van der Waals surface area contributed by atoms with Crippen molar-refractivity contribution in [1.82, 2.24) is 4.72 Å². The lowest BCUT2D eigenvalue weighted by Crippen LogP contribution is -2.40. The molecule has 3 rings (SSSR count). The highest BCUT2D eigenvalue weighted by Crippen LogP contribution is 2.36. The zero-order valence-corrected chi connectivity index (χ0v) is 18.6. The van der Waals surface area contributed by atoms with E-state index in [-0.39, 0.29) is 12.0 Å². The third kappa shape index (κ3) is 5.58. The van der Waals surface area contributed by atoms with Crippen molar-refractivity contribution >= 4 is 25.7 Å². The van der Waals surface area contributed by atoms with Gasteiger partial charge in [-0.3, -0.25) is 4.72 Å². The van der Waals surface area contributed by atoms with E-state index >= 15 is 0 Å². The first-order valence-corrected chi connectivity index (χ1v) is 13.2. The first kappa shape index (κ1) is 21.8. The quantitative estimate of drug-likeness (QED) is 0.692. The molecule has 2 aromatic carbocycles. The molecule has 2 N–H and O–H groups in total. The van der Waals surface area contributed by atoms with Crippen molar-refractivity contribution < 1.29 is 16.8 Å². The molecule has 2 atom stereocenters. The normalized spacial score (nSPS) is 20.1. The van der Waals surface area contributed by atoms with Crippen molar-refractivity contribution in [3.63, 3.8) is 0 Å². The van der Waals surface area contributed by atoms with Crippen LogP contribution in [0.25, 0.3) is 11.1 Å². The Bertz CT molecular complexity index is 1060. The molecule has 0 aromatic heterocycles. The molecule has 0 radical (unpaired) electrons. The Morgan fingerprint density at radius 3 is 2.24 bits per heavy atom. The minimum absolute atomic E-state index is 0.0736. The van der Waals surface area contributed by atoms with E-state index in [1.807, 2.05) is 36.4 Å². The fourth-order valence-electron chi connectivity index (χ4n) is 3.75. The van der Waals surface area contributed by atoms with Gasteiger partial charge in [0.05, 0.1) is 11.5 Å². The van der Waals surface area contributed by atoms with Gasteiger partial charge in [0.1, 0.15) is 0 Å². The Hall–Kier alpha value is -1.90. The molecule has 0 heterocycles. The van der Waals surface area contributed by atoms with Crippen molar-refractivity contribution in [3.8, 4) is 11.1 Å². The van der Waals surface area contributed by atoms with Crippen LogP contribution in [0.4, 0.5) is 5.69 Å². The van der Waals surface area contributed by atoms with Crippen molar-refractivity contribution in [2.75, 3.05) is 11.0 Å². The summed E-state index contributed by atoms with van der Waals surface area (Å²) >= 11 is 0. The lowest BCUT2D eigenvalue weighted by molar-refractivity contribution is 0.519. The molecule has 2 aromatic rings. The third-order valence-corrected chi connectivity index (χ3v) is 7.77. The number of rotatable bonds is 7. The maximum absolute atomic E-state index is 12.3. The van der Waals surface area contributed by atoms with E-state index in [1.165, 1.54) is 0 Å². The number of nitrogens with one attached hydrogen (secondary N) is 2. The van der Waals surface area contributed by atoms with Crippen LogP contribution < -0.4 is 9.44 Å². The number of hydrogen-bond donors (Lipinski definition) is 2. The highest BCUT2D eigenvalue weighted by atomic mass is 32.2. The Kier molecular flexibility index (Phi) is 6.36. The summed E-state index contributed by atoms with van der Waals surface area (Å²) < 4.78 is 52.8. The third-order valence-electron chi connectivity index (χ3n) is 5.29. The van der Waals surface area contributed by atoms with Crippen LogP contribution in [-0.2, 0) is 20.0 Å². The van der Waals surface area contributed by atoms with Crippen LogP contribution >= 0.6 is 0 Å². The largest absolute Gasteiger partial charge is 0.284 e. The Labute approximate surface area is 173 Å². The lowest BCUT2D eigenvalue weighted by Gasteiger charge is -2.23. The number of anilines is 1. The molecule has 8 heteroatoms. The molecule has 0 aliphatic heterocycles. The van der Waals surface area contributed by atoms with Gasteiger partial charge in [0.2, 0.25) is 20.0 Å². The van der Waals surface area contributed by atoms with Gasteiger partial charge in [-0.05, 0) is 55.5 Å². The lowest BCUT2D eigenvalue weighted by atomic mass is 9.93. The molecule has 0 unspecified atom stereocenters. The molecular weight excluding hydrogens is 408 g/mol. The molecule has 0 spiro atoms. The van der Waals surface area contributed by atoms with E-state index in [1.54, 1.807) is 26.0 Å². The van der Waals surface area contributed by atoms with Crippen LogP contribution in [-0.4, -0.2) is 34.4 Å². The second-order valence-electron chi connectivity index (χ2n) is 7.93. The van der Waals surface area contributed by atoms with Crippen LogP contribution in [0.1, 0.15) is 44.6 Å². The minimum Gasteiger partial charge on any atom is -0.284 e. The monoisotopic (exact) mass is 436 g/mol. The summed E-state index contributed by atoms with van der Waals surface area (Å²) in [5.74, 6) is 0.163. The topological polar surface area (TPSA) is 92.3 Å². The molecule has 0 amide bonds. The van der Waals surface area contributed by atoms with Gasteiger partial charge in [0.25, 0.3) is 0 Å². The second-order valence-corrected chi connectivity index (χ2v) is 11.9. The standard InChI is InChI=1S/C21H28N2O4S2/c1-15(2)29(26,27)23-21-9-5-8-20(21)17-12-10-16(11-13-17)18-6-4-7-19(14-18)22-28(3,24)25/h4,6-7,10-15,20-23H,5,8-9H2,1-3H3/t20-,21+/m1/s1. The molecule has 1 saturated carbocycles. The summed E-state index contributed by atoms with van der Waals surface area (Å²) in [5, 5.41) is -0.445. The molecule has 0 saturated heterocycles. The van der Waals surface area contributed by atoms with E-state index in [4.69, 9.17) is 0 Å². The second kappa shape index (κ2) is 8.45. The average Bonchev–Trinajstić information content (AvgIpc) is 3.08. The Morgan fingerprint density at radius 2 is 1.62 bits per heavy atom. The predicted molar refractivity (Wildman–Crippen MR) is 118 cm³/mol. The fourth-order valence-corrected chi connectivity index (χ4v) is 5.28. The molecule has 6 nitrogen and oxygen atoms in total. The zero-order chi connectivity index (χ0) is 21.2. The van der Waals surface area contributed by atoms with Gasteiger partial charge in [-0.1, -0.05) is 42.8 Å². The summed E-state index contributed by atoms with van der Waals surface area (Å²) in [6, 6.07) is 15.3. The summed E-state index contributed by atoms with van der Waals surface area (Å²) in [7, 11) is -6.63. The molecule has 0 bridgehead atoms. The average molecular weight is 437 g/mol. The summed E-state index contributed by atoms with van der Waals surface area (Å²) in [5.41, 5.74) is 3.53. The van der Waals surface area contributed by atoms with Crippen LogP contribution in [0.5, 0.6) is 0 Å². The van der Waals surface area contributed by atoms with E-state index in [0.29, 0.717) is 5.69 Å². The van der Waals surface area contributed by atoms with E-state index in [2.05, 4.69) is 9.44 Å². The Morgan fingerprint density at radius 1 is 0.931 bits per heavy atom. The SMILES string of the molecule is CC(C)S(=O)(=O)N[C@H]1CCC[C@@H]1c1ccc(-c2cccc(NS(C)(=O)=O)c2)cc1. The van der Waals surface area contributed by atoms with Crippen molar-refractivity contribution in [2.45, 2.75) is 50.3 Å². The molecule has 1 fully saturated rings. The number of benzene rings is 2. The summed E-state index contributed by atoms with van der Waals surface area (Å²) in [6.07, 6.45) is 3.92. The summed E-state index contributed by atoms with van der Waals surface area (Å²) in [6.45, 7) is 3.38. The van der Waals surface area contributed by atoms with Crippen molar-refractivity contribution in [2.24, 2.45) is 0 Å². The van der Waals surface area contributed by atoms with Crippen LogP contribution in [0, 0.1) is 0 Å². The predicted octanol–water partition coefficient (Wildman–Crippen LogP) is 3.69. The number of sulfonamides is 2. The molecule has 29 heavy (non-hydrogen) atoms. The van der Waals surface area contributed by atoms with E-state index in [9.17, 15) is 16.8 Å². The van der Waals surface area contributed by atoms with E-state index in [0.717, 1.165) is 42.2 Å². The van der Waals surface area contributed by atoms with Gasteiger partial charge >= 0.3 is 0 Å². The van der Waals surface area contributed by atoms with Gasteiger partial charge in [0.15, 0.2) is 0 Å². The highest BCUT2D eigenvalue weighted by molar-refractivity contribution is 7.92. The molecule has 1 aliphatic rings. The fraction of sp³-hybridized carbons (Fsp3) is 0.429. The first-order chi connectivity index (χ1) is 13.5. The van der Waals surface area contributed by atoms with Crippen molar-refractivity contribution in [3.05, 3.63) is 54.1 Å². The Balaban J connectivity index is 1.79. The maximum Gasteiger partial charge on any atom is 0.229 e. The van der Waals surface area contributed by atoms with Gasteiger partial charge < -0.3 is 0 Å². The van der Waals surface area contributed by atoms with Crippen LogP contribution in [0.3, 0.4) is 0 Å². The zero-order valence-electron chi connectivity index (χ0n) is 16.9. The molecule has 158 valence electrons. The smallest absolute Gasteiger partial charge is 0.229 e. The first-order valence-electron chi connectivity index (χ1n) is 9.74. The molecular formula is C21H28N2O4S2. The van der Waals surface area contributed by atoms with Crippen LogP contribution in [0.15, 0.2) is 48.5 Å². The molecule has 1 aliphatic carbocycles. The van der Waals surface area contributed by atoms with Crippen LogP contribution in [0.2, 0.25) is 0 Å². The van der Waals surface area contributed by atoms with Gasteiger partial charge in [-0.25, -0.2) is 21.6 Å². The highest BCUT2D eigenvalue weighted by Gasteiger charge is 2.32. The van der Waals surface area contributed by atoms with E-state index < -0.39 is 25.3 Å². The van der Waals surface area contributed by atoms with Gasteiger partial charge in [-0.2, -0.15) is 0 Å². The maximum atomic E-state index is 12.3. The van der Waals surface area contributed by atoms with Gasteiger partial charge in [-0.15, -0.1) is 0 Å².